The van der Waals surface area contributed by atoms with E-state index in [4.69, 9.17) is 0 Å². The van der Waals surface area contributed by atoms with Crippen LogP contribution in [-0.4, -0.2) is 15.2 Å². The van der Waals surface area contributed by atoms with Gasteiger partial charge in [-0.05, 0) is 48.6 Å². The number of rotatable bonds is 5. The molecule has 1 saturated carbocycles. The molecule has 4 rings (SSSR count). The van der Waals surface area contributed by atoms with Gasteiger partial charge >= 0.3 is 0 Å². The van der Waals surface area contributed by atoms with Crippen molar-refractivity contribution in [3.8, 4) is 11.1 Å². The Morgan fingerprint density at radius 2 is 2.09 bits per heavy atom. The van der Waals surface area contributed by atoms with Crippen LogP contribution < -0.4 is 5.32 Å². The SMILES string of the molecule is Cc1ccccc1CNc1cc(-c2cn[nH]c2C2CC2)ccn1. The van der Waals surface area contributed by atoms with Crippen LogP contribution in [0.4, 0.5) is 5.82 Å². The lowest BCUT2D eigenvalue weighted by Gasteiger charge is -2.09. The highest BCUT2D eigenvalue weighted by Crippen LogP contribution is 2.43. The van der Waals surface area contributed by atoms with Gasteiger partial charge in [0.1, 0.15) is 5.82 Å². The van der Waals surface area contributed by atoms with Gasteiger partial charge in [0.2, 0.25) is 0 Å². The van der Waals surface area contributed by atoms with Crippen molar-refractivity contribution in [3.63, 3.8) is 0 Å². The number of aryl methyl sites for hydroxylation is 1. The third-order valence-electron chi connectivity index (χ3n) is 4.45. The van der Waals surface area contributed by atoms with Crippen molar-refractivity contribution in [1.29, 1.82) is 0 Å². The van der Waals surface area contributed by atoms with Crippen LogP contribution in [0.15, 0.2) is 48.8 Å². The second-order valence-corrected chi connectivity index (χ2v) is 6.18. The van der Waals surface area contributed by atoms with Crippen molar-refractivity contribution in [3.05, 3.63) is 65.6 Å². The summed E-state index contributed by atoms with van der Waals surface area (Å²) in [6.45, 7) is 2.91. The standard InChI is InChI=1S/C19H20N4/c1-13-4-2-3-5-16(13)11-21-18-10-15(8-9-20-18)17-12-22-23-19(17)14-6-7-14/h2-5,8-10,12,14H,6-7,11H2,1H3,(H,20,21)(H,22,23). The molecule has 2 heterocycles. The summed E-state index contributed by atoms with van der Waals surface area (Å²) in [7, 11) is 0. The molecule has 23 heavy (non-hydrogen) atoms. The molecule has 0 saturated heterocycles. The highest BCUT2D eigenvalue weighted by molar-refractivity contribution is 5.68. The summed E-state index contributed by atoms with van der Waals surface area (Å²) in [5, 5.41) is 10.8. The fourth-order valence-corrected chi connectivity index (χ4v) is 2.90. The molecule has 0 unspecified atom stereocenters. The van der Waals surface area contributed by atoms with Gasteiger partial charge < -0.3 is 5.32 Å². The summed E-state index contributed by atoms with van der Waals surface area (Å²) < 4.78 is 0. The molecule has 1 aromatic carbocycles. The molecule has 0 aliphatic heterocycles. The summed E-state index contributed by atoms with van der Waals surface area (Å²) in [5.74, 6) is 1.55. The number of aromatic amines is 1. The van der Waals surface area contributed by atoms with E-state index in [9.17, 15) is 0 Å². The largest absolute Gasteiger partial charge is 0.366 e. The van der Waals surface area contributed by atoms with Crippen LogP contribution in [-0.2, 0) is 6.54 Å². The minimum atomic E-state index is 0.657. The van der Waals surface area contributed by atoms with Crippen LogP contribution in [0.25, 0.3) is 11.1 Å². The number of pyridine rings is 1. The highest BCUT2D eigenvalue weighted by atomic mass is 15.1. The lowest BCUT2D eigenvalue weighted by atomic mass is 10.1. The van der Waals surface area contributed by atoms with E-state index in [1.165, 1.54) is 40.8 Å². The Bertz CT molecular complexity index is 817. The number of H-pyrrole nitrogens is 1. The second kappa shape index (κ2) is 5.88. The van der Waals surface area contributed by atoms with Crippen molar-refractivity contribution in [1.82, 2.24) is 15.2 Å². The number of anilines is 1. The van der Waals surface area contributed by atoms with Gasteiger partial charge in [0, 0.05) is 29.9 Å². The third-order valence-corrected chi connectivity index (χ3v) is 4.45. The summed E-state index contributed by atoms with van der Waals surface area (Å²) in [6, 6.07) is 12.6. The Hall–Kier alpha value is -2.62. The van der Waals surface area contributed by atoms with E-state index < -0.39 is 0 Å². The van der Waals surface area contributed by atoms with Crippen LogP contribution in [0.5, 0.6) is 0 Å². The Morgan fingerprint density at radius 1 is 1.22 bits per heavy atom. The van der Waals surface area contributed by atoms with Gasteiger partial charge in [-0.1, -0.05) is 24.3 Å². The van der Waals surface area contributed by atoms with Crippen LogP contribution in [0, 0.1) is 6.92 Å². The number of benzene rings is 1. The molecule has 0 spiro atoms. The molecule has 1 fully saturated rings. The summed E-state index contributed by atoms with van der Waals surface area (Å²) in [5.41, 5.74) is 6.22. The first-order chi connectivity index (χ1) is 11.3. The maximum atomic E-state index is 4.44. The minimum Gasteiger partial charge on any atom is -0.366 e. The van der Waals surface area contributed by atoms with Crippen LogP contribution >= 0.6 is 0 Å². The van der Waals surface area contributed by atoms with Crippen molar-refractivity contribution < 1.29 is 0 Å². The summed E-state index contributed by atoms with van der Waals surface area (Å²) in [4.78, 5) is 4.44. The predicted octanol–water partition coefficient (Wildman–Crippen LogP) is 4.27. The minimum absolute atomic E-state index is 0.657. The molecule has 1 aliphatic carbocycles. The number of hydrogen-bond acceptors (Lipinski definition) is 3. The van der Waals surface area contributed by atoms with Gasteiger partial charge in [-0.2, -0.15) is 5.10 Å². The Labute approximate surface area is 136 Å². The van der Waals surface area contributed by atoms with E-state index in [1.54, 1.807) is 0 Å². The van der Waals surface area contributed by atoms with Crippen LogP contribution in [0.2, 0.25) is 0 Å². The lowest BCUT2D eigenvalue weighted by molar-refractivity contribution is 0.966. The Balaban J connectivity index is 1.54. The van der Waals surface area contributed by atoms with Gasteiger partial charge in [-0.15, -0.1) is 0 Å². The van der Waals surface area contributed by atoms with Crippen molar-refractivity contribution in [2.75, 3.05) is 5.32 Å². The van der Waals surface area contributed by atoms with E-state index in [1.807, 2.05) is 12.4 Å². The zero-order chi connectivity index (χ0) is 15.6. The van der Waals surface area contributed by atoms with Crippen LogP contribution in [0.1, 0.15) is 35.6 Å². The van der Waals surface area contributed by atoms with E-state index in [2.05, 4.69) is 63.8 Å². The average molecular weight is 304 g/mol. The molecule has 0 amide bonds. The molecule has 2 aromatic heterocycles. The topological polar surface area (TPSA) is 53.6 Å². The first-order valence-electron chi connectivity index (χ1n) is 8.09. The zero-order valence-electron chi connectivity index (χ0n) is 13.2. The number of aromatic nitrogens is 3. The van der Waals surface area contributed by atoms with Gasteiger partial charge in [0.15, 0.2) is 0 Å². The van der Waals surface area contributed by atoms with Gasteiger partial charge in [0.05, 0.1) is 6.20 Å². The maximum Gasteiger partial charge on any atom is 0.126 e. The van der Waals surface area contributed by atoms with Gasteiger partial charge in [-0.25, -0.2) is 4.98 Å². The van der Waals surface area contributed by atoms with Crippen molar-refractivity contribution in [2.24, 2.45) is 0 Å². The van der Waals surface area contributed by atoms with Crippen molar-refractivity contribution in [2.45, 2.75) is 32.2 Å². The smallest absolute Gasteiger partial charge is 0.126 e. The zero-order valence-corrected chi connectivity index (χ0v) is 13.2. The normalized spacial score (nSPS) is 14.0. The summed E-state index contributed by atoms with van der Waals surface area (Å²) in [6.07, 6.45) is 6.31. The van der Waals surface area contributed by atoms with Crippen LogP contribution in [0.3, 0.4) is 0 Å². The van der Waals surface area contributed by atoms with Gasteiger partial charge in [0.25, 0.3) is 0 Å². The quantitative estimate of drug-likeness (QED) is 0.740. The number of nitrogens with one attached hydrogen (secondary N) is 2. The van der Waals surface area contributed by atoms with E-state index in [0.717, 1.165) is 12.4 Å². The molecular formula is C19H20N4. The number of nitrogens with zero attached hydrogens (tertiary/aromatic N) is 2. The average Bonchev–Trinajstić information content (AvgIpc) is 3.31. The molecular weight excluding hydrogens is 284 g/mol. The predicted molar refractivity (Wildman–Crippen MR) is 92.3 cm³/mol. The van der Waals surface area contributed by atoms with E-state index >= 15 is 0 Å². The first-order valence-corrected chi connectivity index (χ1v) is 8.09. The number of hydrogen-bond donors (Lipinski definition) is 2. The third kappa shape index (κ3) is 2.97. The molecule has 3 aromatic rings. The molecule has 2 N–H and O–H groups in total. The molecule has 4 nitrogen and oxygen atoms in total. The monoisotopic (exact) mass is 304 g/mol. The molecule has 0 atom stereocenters. The second-order valence-electron chi connectivity index (χ2n) is 6.18. The first kappa shape index (κ1) is 14.0. The molecule has 4 heteroatoms. The Kier molecular flexibility index (Phi) is 3.58. The highest BCUT2D eigenvalue weighted by Gasteiger charge is 2.28. The lowest BCUT2D eigenvalue weighted by Crippen LogP contribution is -2.02. The molecule has 1 aliphatic rings. The maximum absolute atomic E-state index is 4.44. The summed E-state index contributed by atoms with van der Waals surface area (Å²) >= 11 is 0. The fraction of sp³-hybridized carbons (Fsp3) is 0.263. The van der Waals surface area contributed by atoms with E-state index in [-0.39, 0.29) is 0 Å². The van der Waals surface area contributed by atoms with E-state index in [0.29, 0.717) is 5.92 Å². The molecule has 0 bridgehead atoms. The fourth-order valence-electron chi connectivity index (χ4n) is 2.90. The molecule has 116 valence electrons. The molecule has 0 radical (unpaired) electrons. The Morgan fingerprint density at radius 3 is 2.91 bits per heavy atom. The van der Waals surface area contributed by atoms with Crippen molar-refractivity contribution >= 4 is 5.82 Å². The van der Waals surface area contributed by atoms with Gasteiger partial charge in [-0.3, -0.25) is 5.10 Å².